The van der Waals surface area contributed by atoms with Crippen LogP contribution in [0.2, 0.25) is 0 Å². The van der Waals surface area contributed by atoms with E-state index in [4.69, 9.17) is 0 Å². The van der Waals surface area contributed by atoms with E-state index in [9.17, 15) is 14.0 Å². The summed E-state index contributed by atoms with van der Waals surface area (Å²) in [4.78, 5) is 33.0. The van der Waals surface area contributed by atoms with E-state index in [0.29, 0.717) is 43.1 Å². The van der Waals surface area contributed by atoms with Crippen LogP contribution < -0.4 is 10.5 Å². The van der Waals surface area contributed by atoms with E-state index in [1.54, 1.807) is 24.0 Å². The first-order chi connectivity index (χ1) is 12.5. The molecule has 0 radical (unpaired) electrons. The monoisotopic (exact) mass is 355 g/mol. The summed E-state index contributed by atoms with van der Waals surface area (Å²) >= 11 is 0. The second-order valence-electron chi connectivity index (χ2n) is 6.34. The molecule has 3 aromatic rings. The van der Waals surface area contributed by atoms with Gasteiger partial charge in [0.15, 0.2) is 5.65 Å². The van der Waals surface area contributed by atoms with Gasteiger partial charge in [-0.3, -0.25) is 14.7 Å². The van der Waals surface area contributed by atoms with Crippen molar-refractivity contribution in [2.75, 3.05) is 31.1 Å². The summed E-state index contributed by atoms with van der Waals surface area (Å²) < 4.78 is 14.3. The Morgan fingerprint density at radius 2 is 1.85 bits per heavy atom. The number of benzene rings is 1. The lowest BCUT2D eigenvalue weighted by molar-refractivity contribution is 0.0748. The predicted octanol–water partition coefficient (Wildman–Crippen LogP) is 1.43. The van der Waals surface area contributed by atoms with E-state index >= 15 is 0 Å². The van der Waals surface area contributed by atoms with Crippen molar-refractivity contribution in [2.45, 2.75) is 6.92 Å². The lowest BCUT2D eigenvalue weighted by Gasteiger charge is -2.36. The average molecular weight is 355 g/mol. The molecule has 0 bridgehead atoms. The van der Waals surface area contributed by atoms with Gasteiger partial charge in [0.1, 0.15) is 11.4 Å². The number of H-pyrrole nitrogens is 1. The van der Waals surface area contributed by atoms with Gasteiger partial charge in [-0.05, 0) is 31.2 Å². The molecule has 1 amide bonds. The van der Waals surface area contributed by atoms with Gasteiger partial charge < -0.3 is 9.80 Å². The van der Waals surface area contributed by atoms with E-state index in [0.717, 1.165) is 5.69 Å². The van der Waals surface area contributed by atoms with Crippen molar-refractivity contribution >= 4 is 17.2 Å². The molecular formula is C18H18FN5O2. The summed E-state index contributed by atoms with van der Waals surface area (Å²) in [6, 6.07) is 7.77. The zero-order valence-corrected chi connectivity index (χ0v) is 14.3. The molecule has 1 aliphatic rings. The van der Waals surface area contributed by atoms with Crippen LogP contribution in [0.15, 0.2) is 41.3 Å². The van der Waals surface area contributed by atoms with Gasteiger partial charge in [-0.1, -0.05) is 0 Å². The third-order valence-corrected chi connectivity index (χ3v) is 4.61. The minimum atomic E-state index is -0.264. The van der Waals surface area contributed by atoms with Crippen molar-refractivity contribution in [2.24, 2.45) is 0 Å². The van der Waals surface area contributed by atoms with Gasteiger partial charge in [-0.2, -0.15) is 0 Å². The van der Waals surface area contributed by atoms with Crippen LogP contribution in [0.5, 0.6) is 0 Å². The summed E-state index contributed by atoms with van der Waals surface area (Å²) in [7, 11) is 0. The van der Waals surface area contributed by atoms with Crippen LogP contribution in [0.4, 0.5) is 10.1 Å². The van der Waals surface area contributed by atoms with Crippen molar-refractivity contribution in [1.82, 2.24) is 19.5 Å². The molecule has 0 spiro atoms. The molecule has 7 nitrogen and oxygen atoms in total. The van der Waals surface area contributed by atoms with Crippen LogP contribution in [0.1, 0.15) is 16.1 Å². The largest absolute Gasteiger partial charge is 0.368 e. The summed E-state index contributed by atoms with van der Waals surface area (Å²) in [5, 5.41) is 2.79. The van der Waals surface area contributed by atoms with Gasteiger partial charge in [0.2, 0.25) is 0 Å². The summed E-state index contributed by atoms with van der Waals surface area (Å²) in [5.41, 5.74) is 2.01. The topological polar surface area (TPSA) is 73.7 Å². The van der Waals surface area contributed by atoms with E-state index < -0.39 is 0 Å². The second-order valence-corrected chi connectivity index (χ2v) is 6.34. The van der Waals surface area contributed by atoms with Gasteiger partial charge in [0.05, 0.1) is 0 Å². The Morgan fingerprint density at radius 3 is 2.54 bits per heavy atom. The van der Waals surface area contributed by atoms with E-state index in [-0.39, 0.29) is 17.3 Å². The highest BCUT2D eigenvalue weighted by Crippen LogP contribution is 2.18. The molecule has 0 unspecified atom stereocenters. The number of carbonyl (C=O) groups is 1. The molecule has 8 heteroatoms. The SMILES string of the molecule is Cc1cc(=O)n2[nH]cc(C(=O)N3CCN(c4ccc(F)cc4)CC3)c2n1. The number of carbonyl (C=O) groups excluding carboxylic acids is 1. The molecule has 4 rings (SSSR count). The number of fused-ring (bicyclic) bond motifs is 1. The maximum atomic E-state index is 13.1. The number of halogens is 1. The number of hydrogen-bond donors (Lipinski definition) is 1. The fraction of sp³-hybridized carbons (Fsp3) is 0.278. The van der Waals surface area contributed by atoms with Crippen LogP contribution >= 0.6 is 0 Å². The lowest BCUT2D eigenvalue weighted by atomic mass is 10.2. The number of rotatable bonds is 2. The normalized spacial score (nSPS) is 14.8. The number of nitrogens with one attached hydrogen (secondary N) is 1. The Labute approximate surface area is 148 Å². The molecule has 134 valence electrons. The van der Waals surface area contributed by atoms with Gasteiger partial charge in [0, 0.05) is 49.8 Å². The number of hydrogen-bond acceptors (Lipinski definition) is 4. The smallest absolute Gasteiger partial charge is 0.272 e. The summed E-state index contributed by atoms with van der Waals surface area (Å²) in [6.07, 6.45) is 1.53. The van der Waals surface area contributed by atoms with Crippen molar-refractivity contribution in [3.05, 3.63) is 64.0 Å². The maximum absolute atomic E-state index is 13.1. The quantitative estimate of drug-likeness (QED) is 0.755. The molecule has 0 atom stereocenters. The van der Waals surface area contributed by atoms with Gasteiger partial charge in [-0.25, -0.2) is 13.9 Å². The first-order valence-corrected chi connectivity index (χ1v) is 8.40. The van der Waals surface area contributed by atoms with Crippen molar-refractivity contribution < 1.29 is 9.18 Å². The number of aromatic amines is 1. The second kappa shape index (κ2) is 6.29. The molecule has 1 aromatic carbocycles. The van der Waals surface area contributed by atoms with Crippen molar-refractivity contribution in [3.8, 4) is 0 Å². The van der Waals surface area contributed by atoms with Gasteiger partial charge in [-0.15, -0.1) is 0 Å². The predicted molar refractivity (Wildman–Crippen MR) is 95.1 cm³/mol. The molecule has 2 aromatic heterocycles. The van der Waals surface area contributed by atoms with Crippen LogP contribution in [0, 0.1) is 12.7 Å². The first-order valence-electron chi connectivity index (χ1n) is 8.40. The van der Waals surface area contributed by atoms with Crippen LogP contribution in [-0.2, 0) is 0 Å². The van der Waals surface area contributed by atoms with Gasteiger partial charge in [0.25, 0.3) is 11.5 Å². The van der Waals surface area contributed by atoms with Crippen LogP contribution in [0.3, 0.4) is 0 Å². The molecule has 0 saturated carbocycles. The minimum Gasteiger partial charge on any atom is -0.368 e. The van der Waals surface area contributed by atoms with Crippen molar-refractivity contribution in [1.29, 1.82) is 0 Å². The van der Waals surface area contributed by atoms with E-state index in [2.05, 4.69) is 15.0 Å². The van der Waals surface area contributed by atoms with E-state index in [1.807, 2.05) is 0 Å². The highest BCUT2D eigenvalue weighted by molar-refractivity contribution is 5.99. The standard InChI is InChI=1S/C18H18FN5O2/c1-12-10-16(25)24-17(21-12)15(11-20-24)18(26)23-8-6-22(7-9-23)14-4-2-13(19)3-5-14/h2-5,10-11,20H,6-9H2,1H3. The zero-order chi connectivity index (χ0) is 18.3. The number of anilines is 1. The molecule has 1 saturated heterocycles. The summed E-state index contributed by atoms with van der Waals surface area (Å²) in [5.74, 6) is -0.417. The Hall–Kier alpha value is -3.16. The average Bonchev–Trinajstić information content (AvgIpc) is 3.06. The highest BCUT2D eigenvalue weighted by Gasteiger charge is 2.25. The Kier molecular flexibility index (Phi) is 3.95. The molecule has 0 aliphatic carbocycles. The molecule has 1 N–H and O–H groups in total. The highest BCUT2D eigenvalue weighted by atomic mass is 19.1. The minimum absolute atomic E-state index is 0.153. The number of aromatic nitrogens is 3. The fourth-order valence-electron chi connectivity index (χ4n) is 3.24. The Bertz CT molecular complexity index is 1020. The Balaban J connectivity index is 1.52. The maximum Gasteiger partial charge on any atom is 0.272 e. The number of amides is 1. The summed E-state index contributed by atoms with van der Waals surface area (Å²) in [6.45, 7) is 4.13. The lowest BCUT2D eigenvalue weighted by Crippen LogP contribution is -2.48. The first kappa shape index (κ1) is 16.3. The molecule has 3 heterocycles. The fourth-order valence-corrected chi connectivity index (χ4v) is 3.24. The van der Waals surface area contributed by atoms with Crippen molar-refractivity contribution in [3.63, 3.8) is 0 Å². The van der Waals surface area contributed by atoms with Crippen LogP contribution in [0.25, 0.3) is 5.65 Å². The van der Waals surface area contributed by atoms with Gasteiger partial charge >= 0.3 is 0 Å². The zero-order valence-electron chi connectivity index (χ0n) is 14.3. The Morgan fingerprint density at radius 1 is 1.15 bits per heavy atom. The number of piperazine rings is 1. The number of nitrogens with zero attached hydrogens (tertiary/aromatic N) is 4. The molecule has 1 fully saturated rings. The molecular weight excluding hydrogens is 337 g/mol. The molecule has 1 aliphatic heterocycles. The van der Waals surface area contributed by atoms with Crippen LogP contribution in [-0.4, -0.2) is 51.6 Å². The third-order valence-electron chi connectivity index (χ3n) is 4.61. The number of aryl methyl sites for hydroxylation is 1. The molecule has 26 heavy (non-hydrogen) atoms. The third kappa shape index (κ3) is 2.83. The van der Waals surface area contributed by atoms with E-state index in [1.165, 1.54) is 28.9 Å².